The molecule has 0 spiro atoms. The number of amides is 2. The molecule has 2 amide bonds. The second kappa shape index (κ2) is 14.5. The molecular weight excluding hydrogens is 603 g/mol. The molecule has 13 heteroatoms. The number of aromatic nitrogens is 2. The van der Waals surface area contributed by atoms with Crippen LogP contribution in [0.5, 0.6) is 5.75 Å². The second-order valence-electron chi connectivity index (χ2n) is 11.5. The number of anilines is 1. The Hall–Kier alpha value is -3.84. The van der Waals surface area contributed by atoms with Crippen LogP contribution in [0.4, 0.5) is 10.3 Å². The third-order valence-electron chi connectivity index (χ3n) is 7.96. The van der Waals surface area contributed by atoms with E-state index in [1.165, 1.54) is 23.2 Å². The van der Waals surface area contributed by atoms with Crippen LogP contribution in [-0.4, -0.2) is 95.8 Å². The Morgan fingerprint density at radius 3 is 2.76 bits per heavy atom. The quantitative estimate of drug-likeness (QED) is 0.272. The first-order valence-electron chi connectivity index (χ1n) is 14.9. The first-order chi connectivity index (χ1) is 21.6. The van der Waals surface area contributed by atoms with Crippen LogP contribution < -0.4 is 15.4 Å². The number of likely N-dealkylation sites (N-methyl/N-ethyl adjacent to an activating group) is 1. The van der Waals surface area contributed by atoms with E-state index in [1.807, 2.05) is 31.1 Å². The van der Waals surface area contributed by atoms with E-state index < -0.39 is 30.4 Å². The minimum Gasteiger partial charge on any atom is -0.492 e. The summed E-state index contributed by atoms with van der Waals surface area (Å²) in [6.45, 7) is 3.71. The van der Waals surface area contributed by atoms with Crippen molar-refractivity contribution >= 4 is 29.4 Å². The summed E-state index contributed by atoms with van der Waals surface area (Å²) in [5, 5.41) is 16.5. The summed E-state index contributed by atoms with van der Waals surface area (Å²) in [5.41, 5.74) is 2.71. The predicted molar refractivity (Wildman–Crippen MR) is 168 cm³/mol. The maximum absolute atomic E-state index is 14.4. The molecule has 2 aliphatic heterocycles. The summed E-state index contributed by atoms with van der Waals surface area (Å²) in [7, 11) is 3.80. The number of hydrogen-bond acceptors (Lipinski definition) is 9. The van der Waals surface area contributed by atoms with Gasteiger partial charge in [0.25, 0.3) is 5.91 Å². The van der Waals surface area contributed by atoms with Crippen molar-refractivity contribution in [3.8, 4) is 17.0 Å². The van der Waals surface area contributed by atoms with Crippen LogP contribution in [-0.2, 0) is 16.1 Å². The Labute approximate surface area is 266 Å². The highest BCUT2D eigenvalue weighted by Gasteiger charge is 2.35. The summed E-state index contributed by atoms with van der Waals surface area (Å²) < 4.78 is 25.5. The van der Waals surface area contributed by atoms with Gasteiger partial charge in [-0.3, -0.25) is 9.59 Å². The third kappa shape index (κ3) is 7.88. The smallest absolute Gasteiger partial charge is 0.255 e. The van der Waals surface area contributed by atoms with Crippen LogP contribution in [0.2, 0.25) is 5.02 Å². The molecule has 3 aromatic rings. The maximum atomic E-state index is 14.4. The predicted octanol–water partition coefficient (Wildman–Crippen LogP) is 3.66. The minimum atomic E-state index is -0.901. The van der Waals surface area contributed by atoms with Gasteiger partial charge in [0, 0.05) is 49.5 Å². The van der Waals surface area contributed by atoms with E-state index in [0.717, 1.165) is 18.4 Å². The number of ether oxygens (including phenoxy) is 2. The molecule has 45 heavy (non-hydrogen) atoms. The molecule has 3 N–H and O–H groups in total. The van der Waals surface area contributed by atoms with E-state index in [1.54, 1.807) is 19.1 Å². The number of rotatable bonds is 12. The number of nitrogens with one attached hydrogen (secondary N) is 2. The highest BCUT2D eigenvalue weighted by atomic mass is 35.5. The molecule has 0 saturated carbocycles. The normalized spacial score (nSPS) is 16.4. The molecule has 3 heterocycles. The number of aliphatic hydroxyl groups is 1. The molecule has 1 saturated heterocycles. The van der Waals surface area contributed by atoms with Crippen molar-refractivity contribution < 1.29 is 28.6 Å². The van der Waals surface area contributed by atoms with E-state index in [4.69, 9.17) is 21.1 Å². The van der Waals surface area contributed by atoms with Gasteiger partial charge in [-0.2, -0.15) is 0 Å². The van der Waals surface area contributed by atoms with Gasteiger partial charge in [-0.05, 0) is 63.2 Å². The Bertz CT molecular complexity index is 1540. The number of hydrogen-bond donors (Lipinski definition) is 3. The van der Waals surface area contributed by atoms with Gasteiger partial charge < -0.3 is 35.0 Å². The highest BCUT2D eigenvalue weighted by Crippen LogP contribution is 2.33. The number of benzene rings is 2. The third-order valence-corrected chi connectivity index (χ3v) is 8.24. The molecule has 1 fully saturated rings. The van der Waals surface area contributed by atoms with Gasteiger partial charge in [0.15, 0.2) is 0 Å². The summed E-state index contributed by atoms with van der Waals surface area (Å²) in [4.78, 5) is 39.2. The summed E-state index contributed by atoms with van der Waals surface area (Å²) in [6, 6.07) is 7.92. The van der Waals surface area contributed by atoms with E-state index in [0.29, 0.717) is 65.5 Å². The molecular formula is C32H38ClFN6O5. The van der Waals surface area contributed by atoms with Crippen LogP contribution in [0.25, 0.3) is 11.3 Å². The van der Waals surface area contributed by atoms with E-state index in [9.17, 15) is 19.1 Å². The molecule has 2 unspecified atom stereocenters. The van der Waals surface area contributed by atoms with Crippen LogP contribution in [0.1, 0.15) is 47.3 Å². The lowest BCUT2D eigenvalue weighted by molar-refractivity contribution is -0.126. The topological polar surface area (TPSA) is 129 Å². The van der Waals surface area contributed by atoms with Crippen LogP contribution >= 0.6 is 11.6 Å². The maximum Gasteiger partial charge on any atom is 0.255 e. The molecule has 2 aromatic carbocycles. The number of carbonyl (C=O) groups is 2. The van der Waals surface area contributed by atoms with Crippen molar-refractivity contribution in [2.75, 3.05) is 52.4 Å². The van der Waals surface area contributed by atoms with Crippen molar-refractivity contribution in [3.05, 3.63) is 70.1 Å². The molecule has 0 aliphatic carbocycles. The first kappa shape index (κ1) is 32.6. The monoisotopic (exact) mass is 640 g/mol. The van der Waals surface area contributed by atoms with E-state index >= 15 is 0 Å². The molecule has 2 atom stereocenters. The lowest BCUT2D eigenvalue weighted by atomic mass is 10.0. The first-order valence-corrected chi connectivity index (χ1v) is 15.3. The van der Waals surface area contributed by atoms with Crippen LogP contribution in [0.3, 0.4) is 0 Å². The van der Waals surface area contributed by atoms with Crippen LogP contribution in [0.15, 0.2) is 42.6 Å². The van der Waals surface area contributed by atoms with Gasteiger partial charge in [-0.25, -0.2) is 14.4 Å². The van der Waals surface area contributed by atoms with E-state index in [-0.39, 0.29) is 18.5 Å². The van der Waals surface area contributed by atoms with Crippen molar-refractivity contribution in [2.24, 2.45) is 0 Å². The van der Waals surface area contributed by atoms with Crippen LogP contribution in [0, 0.1) is 5.82 Å². The zero-order chi connectivity index (χ0) is 32.1. The Morgan fingerprint density at radius 1 is 1.24 bits per heavy atom. The molecule has 1 aromatic heterocycles. The largest absolute Gasteiger partial charge is 0.492 e. The fourth-order valence-corrected chi connectivity index (χ4v) is 5.53. The Morgan fingerprint density at radius 2 is 2.02 bits per heavy atom. The highest BCUT2D eigenvalue weighted by molar-refractivity contribution is 6.33. The van der Waals surface area contributed by atoms with Crippen molar-refractivity contribution in [1.82, 2.24) is 25.1 Å². The lowest BCUT2D eigenvalue weighted by Gasteiger charge is -2.26. The average Bonchev–Trinajstić information content (AvgIpc) is 3.35. The fourth-order valence-electron chi connectivity index (χ4n) is 5.33. The molecule has 5 rings (SSSR count). The number of fused-ring (bicyclic) bond motifs is 1. The second-order valence-corrected chi connectivity index (χ2v) is 11.9. The zero-order valence-electron chi connectivity index (χ0n) is 25.6. The van der Waals surface area contributed by atoms with Gasteiger partial charge >= 0.3 is 0 Å². The number of halogens is 2. The Kier molecular flexibility index (Phi) is 10.5. The lowest BCUT2D eigenvalue weighted by Crippen LogP contribution is -2.46. The summed E-state index contributed by atoms with van der Waals surface area (Å²) >= 11 is 6.48. The van der Waals surface area contributed by atoms with E-state index in [2.05, 4.69) is 20.6 Å². The number of nitrogens with zero attached hydrogens (tertiary/aromatic N) is 4. The average molecular weight is 641 g/mol. The number of aliphatic hydroxyl groups excluding tert-OH is 1. The van der Waals surface area contributed by atoms with Gasteiger partial charge in [0.2, 0.25) is 11.9 Å². The molecule has 0 bridgehead atoms. The molecule has 0 radical (unpaired) electrons. The number of carbonyl (C=O) groups excluding carboxylic acids is 2. The molecule has 11 nitrogen and oxygen atoms in total. The summed E-state index contributed by atoms with van der Waals surface area (Å²) in [5.74, 6) is -0.613. The molecule has 240 valence electrons. The van der Waals surface area contributed by atoms with Gasteiger partial charge in [-0.15, -0.1) is 0 Å². The van der Waals surface area contributed by atoms with Crippen molar-refractivity contribution in [3.63, 3.8) is 0 Å². The van der Waals surface area contributed by atoms with Gasteiger partial charge in [-0.1, -0.05) is 23.7 Å². The van der Waals surface area contributed by atoms with Gasteiger partial charge in [0.05, 0.1) is 29.6 Å². The molecule has 2 aliphatic rings. The van der Waals surface area contributed by atoms with Crippen molar-refractivity contribution in [2.45, 2.75) is 44.4 Å². The SMILES string of the molecule is CC(C(=O)NC(CO)c1cc(F)cc(OCCN(C)C)c1)N1Cc2ccc(-c3nc(NC4CCOCC4)ncc3Cl)cc2C1=O. The standard InChI is InChI=1S/C32H38ClFN6O5/c1-19(30(42)37-28(18-41)22-12-23(34)15-25(13-22)45-11-8-39(2)3)40-17-21-5-4-20(14-26(21)31(40)43)29-27(33)16-35-32(38-29)36-24-6-9-44-10-7-24/h4-5,12-16,19,24,28,41H,6-11,17-18H2,1-3H3,(H,37,42)(H,35,36,38). The summed E-state index contributed by atoms with van der Waals surface area (Å²) in [6.07, 6.45) is 3.24. The minimum absolute atomic E-state index is 0.199. The fraction of sp³-hybridized carbons (Fsp3) is 0.438. The Balaban J connectivity index is 1.27. The zero-order valence-corrected chi connectivity index (χ0v) is 26.3. The van der Waals surface area contributed by atoms with Gasteiger partial charge in [0.1, 0.15) is 24.2 Å². The van der Waals surface area contributed by atoms with Crippen molar-refractivity contribution in [1.29, 1.82) is 0 Å².